The number of ether oxygens (including phenoxy) is 1. The van der Waals surface area contributed by atoms with Gasteiger partial charge >= 0.3 is 12.1 Å². The van der Waals surface area contributed by atoms with E-state index in [4.69, 9.17) is 5.11 Å². The van der Waals surface area contributed by atoms with Crippen LogP contribution < -0.4 is 5.32 Å². The van der Waals surface area contributed by atoms with Gasteiger partial charge in [0.15, 0.2) is 0 Å². The number of aliphatic carboxylic acids is 1. The van der Waals surface area contributed by atoms with Crippen LogP contribution in [0.5, 0.6) is 0 Å². The first-order chi connectivity index (χ1) is 7.63. The highest BCUT2D eigenvalue weighted by Gasteiger charge is 2.21. The first kappa shape index (κ1) is 12.3. The van der Waals surface area contributed by atoms with Crippen molar-refractivity contribution >= 4 is 12.1 Å². The topological polar surface area (TPSA) is 75.6 Å². The summed E-state index contributed by atoms with van der Waals surface area (Å²) in [5, 5.41) is 11.2. The average Bonchev–Trinajstić information content (AvgIpc) is 2.29. The zero-order chi connectivity index (χ0) is 12.0. The molecule has 16 heavy (non-hydrogen) atoms. The molecule has 2 N–H and O–H groups in total. The van der Waals surface area contributed by atoms with Crippen LogP contribution in [0.25, 0.3) is 0 Å². The predicted octanol–water partition coefficient (Wildman–Crippen LogP) is 1.46. The molecule has 1 rings (SSSR count). The van der Waals surface area contributed by atoms with Gasteiger partial charge < -0.3 is 15.2 Å². The summed E-state index contributed by atoms with van der Waals surface area (Å²) in [6.07, 6.45) is 7.15. The van der Waals surface area contributed by atoms with Gasteiger partial charge in [0.2, 0.25) is 0 Å². The normalized spacial score (nSPS) is 16.2. The van der Waals surface area contributed by atoms with Crippen molar-refractivity contribution in [2.24, 2.45) is 0 Å². The van der Waals surface area contributed by atoms with Crippen LogP contribution in [0.2, 0.25) is 0 Å². The van der Waals surface area contributed by atoms with Gasteiger partial charge in [-0.2, -0.15) is 0 Å². The molecule has 88 valence electrons. The SMILES string of the molecule is COC(=O)NC(CC1=CC=CCC1)C(=O)O. The van der Waals surface area contributed by atoms with Crippen LogP contribution >= 0.6 is 0 Å². The molecule has 0 radical (unpaired) electrons. The number of allylic oxidation sites excluding steroid dienone is 3. The molecule has 1 unspecified atom stereocenters. The molecule has 0 heterocycles. The van der Waals surface area contributed by atoms with Gasteiger partial charge in [-0.3, -0.25) is 0 Å². The highest BCUT2D eigenvalue weighted by atomic mass is 16.5. The van der Waals surface area contributed by atoms with E-state index in [-0.39, 0.29) is 0 Å². The third-order valence-corrected chi connectivity index (χ3v) is 2.34. The van der Waals surface area contributed by atoms with Crippen LogP contribution in [-0.4, -0.2) is 30.3 Å². The van der Waals surface area contributed by atoms with E-state index in [1.165, 1.54) is 7.11 Å². The van der Waals surface area contributed by atoms with Crippen LogP contribution in [0.15, 0.2) is 23.8 Å². The van der Waals surface area contributed by atoms with Gasteiger partial charge in [-0.05, 0) is 19.3 Å². The molecule has 0 fully saturated rings. The fourth-order valence-electron chi connectivity index (χ4n) is 1.49. The molecule has 0 saturated heterocycles. The lowest BCUT2D eigenvalue weighted by molar-refractivity contribution is -0.139. The Morgan fingerprint density at radius 2 is 2.38 bits per heavy atom. The lowest BCUT2D eigenvalue weighted by Gasteiger charge is -2.16. The number of carboxylic acids is 1. The molecule has 1 atom stereocenters. The molecule has 0 aromatic heterocycles. The van der Waals surface area contributed by atoms with Crippen molar-refractivity contribution in [3.05, 3.63) is 23.8 Å². The molecule has 1 aliphatic rings. The van der Waals surface area contributed by atoms with E-state index in [0.717, 1.165) is 18.4 Å². The zero-order valence-electron chi connectivity index (χ0n) is 9.10. The van der Waals surface area contributed by atoms with Crippen LogP contribution in [-0.2, 0) is 9.53 Å². The summed E-state index contributed by atoms with van der Waals surface area (Å²) in [4.78, 5) is 21.8. The molecule has 5 nitrogen and oxygen atoms in total. The molecule has 0 aromatic carbocycles. The predicted molar refractivity (Wildman–Crippen MR) is 58.0 cm³/mol. The van der Waals surface area contributed by atoms with Gasteiger partial charge in [0.25, 0.3) is 0 Å². The van der Waals surface area contributed by atoms with E-state index >= 15 is 0 Å². The number of hydrogen-bond donors (Lipinski definition) is 2. The van der Waals surface area contributed by atoms with Crippen LogP contribution in [0.3, 0.4) is 0 Å². The summed E-state index contributed by atoms with van der Waals surface area (Å²) >= 11 is 0. The molecule has 0 spiro atoms. The maximum atomic E-state index is 10.9. The molecule has 0 aromatic rings. The number of hydrogen-bond acceptors (Lipinski definition) is 3. The Balaban J connectivity index is 2.57. The number of methoxy groups -OCH3 is 1. The van der Waals surface area contributed by atoms with Gasteiger partial charge in [-0.1, -0.05) is 23.8 Å². The summed E-state index contributed by atoms with van der Waals surface area (Å²) in [7, 11) is 1.21. The summed E-state index contributed by atoms with van der Waals surface area (Å²) in [5.74, 6) is -1.05. The lowest BCUT2D eigenvalue weighted by Crippen LogP contribution is -2.41. The van der Waals surface area contributed by atoms with Crippen molar-refractivity contribution in [2.75, 3.05) is 7.11 Å². The van der Waals surface area contributed by atoms with Gasteiger partial charge in [0.05, 0.1) is 7.11 Å². The monoisotopic (exact) mass is 225 g/mol. The minimum absolute atomic E-state index is 0.314. The summed E-state index contributed by atoms with van der Waals surface area (Å²) < 4.78 is 4.37. The minimum Gasteiger partial charge on any atom is -0.480 e. The number of carboxylic acid groups (broad SMARTS) is 1. The van der Waals surface area contributed by atoms with E-state index in [9.17, 15) is 9.59 Å². The van der Waals surface area contributed by atoms with Crippen LogP contribution in [0.4, 0.5) is 4.79 Å². The molecule has 1 aliphatic carbocycles. The number of alkyl carbamates (subject to hydrolysis) is 1. The van der Waals surface area contributed by atoms with Crippen molar-refractivity contribution in [3.8, 4) is 0 Å². The first-order valence-corrected chi connectivity index (χ1v) is 5.05. The third-order valence-electron chi connectivity index (χ3n) is 2.34. The van der Waals surface area contributed by atoms with Crippen molar-refractivity contribution in [1.82, 2.24) is 5.32 Å². The number of carbonyl (C=O) groups is 2. The Morgan fingerprint density at radius 3 is 2.88 bits per heavy atom. The average molecular weight is 225 g/mol. The molecule has 1 amide bonds. The maximum absolute atomic E-state index is 10.9. The maximum Gasteiger partial charge on any atom is 0.407 e. The highest BCUT2D eigenvalue weighted by molar-refractivity contribution is 5.80. The number of amides is 1. The van der Waals surface area contributed by atoms with Crippen LogP contribution in [0.1, 0.15) is 19.3 Å². The van der Waals surface area contributed by atoms with Crippen molar-refractivity contribution in [2.45, 2.75) is 25.3 Å². The summed E-state index contributed by atoms with van der Waals surface area (Å²) in [6, 6.07) is -0.926. The Hall–Kier alpha value is -1.78. The zero-order valence-corrected chi connectivity index (χ0v) is 9.10. The van der Waals surface area contributed by atoms with Crippen LogP contribution in [0, 0.1) is 0 Å². The minimum atomic E-state index is -1.05. The fourth-order valence-corrected chi connectivity index (χ4v) is 1.49. The smallest absolute Gasteiger partial charge is 0.407 e. The van der Waals surface area contributed by atoms with Crippen molar-refractivity contribution in [1.29, 1.82) is 0 Å². The second kappa shape index (κ2) is 5.95. The molecule has 0 bridgehead atoms. The molecular weight excluding hydrogens is 210 g/mol. The Kier molecular flexibility index (Phi) is 4.57. The lowest BCUT2D eigenvalue weighted by atomic mass is 9.98. The molecule has 0 saturated carbocycles. The van der Waals surface area contributed by atoms with E-state index < -0.39 is 18.1 Å². The summed E-state index contributed by atoms with van der Waals surface area (Å²) in [6.45, 7) is 0. The number of rotatable bonds is 4. The molecule has 5 heteroatoms. The number of nitrogens with one attached hydrogen (secondary N) is 1. The second-order valence-electron chi connectivity index (χ2n) is 3.52. The Labute approximate surface area is 93.8 Å². The van der Waals surface area contributed by atoms with E-state index in [1.54, 1.807) is 0 Å². The Morgan fingerprint density at radius 1 is 1.62 bits per heavy atom. The quantitative estimate of drug-likeness (QED) is 0.759. The summed E-state index contributed by atoms with van der Waals surface area (Å²) in [5.41, 5.74) is 1.02. The Bertz CT molecular complexity index is 333. The van der Waals surface area contributed by atoms with Gasteiger partial charge in [-0.15, -0.1) is 0 Å². The van der Waals surface area contributed by atoms with E-state index in [2.05, 4.69) is 10.1 Å². The van der Waals surface area contributed by atoms with Gasteiger partial charge in [0, 0.05) is 0 Å². The molecule has 0 aliphatic heterocycles. The second-order valence-corrected chi connectivity index (χ2v) is 3.52. The highest BCUT2D eigenvalue weighted by Crippen LogP contribution is 2.17. The third kappa shape index (κ3) is 3.76. The van der Waals surface area contributed by atoms with E-state index in [1.807, 2.05) is 18.2 Å². The van der Waals surface area contributed by atoms with Crippen molar-refractivity contribution < 1.29 is 19.4 Å². The van der Waals surface area contributed by atoms with Gasteiger partial charge in [-0.25, -0.2) is 9.59 Å². The number of carbonyl (C=O) groups excluding carboxylic acids is 1. The largest absolute Gasteiger partial charge is 0.480 e. The van der Waals surface area contributed by atoms with Gasteiger partial charge in [0.1, 0.15) is 6.04 Å². The van der Waals surface area contributed by atoms with Crippen molar-refractivity contribution in [3.63, 3.8) is 0 Å². The first-order valence-electron chi connectivity index (χ1n) is 5.05. The molecular formula is C11H15NO4. The fraction of sp³-hybridized carbons (Fsp3) is 0.455. The van der Waals surface area contributed by atoms with E-state index in [0.29, 0.717) is 6.42 Å². The standard InChI is InChI=1S/C11H15NO4/c1-16-11(15)12-9(10(13)14)7-8-5-3-2-4-6-8/h2-3,5,9H,4,6-7H2,1H3,(H,12,15)(H,13,14).